The second-order valence-corrected chi connectivity index (χ2v) is 7.03. The summed E-state index contributed by atoms with van der Waals surface area (Å²) in [6, 6.07) is 16.0. The van der Waals surface area contributed by atoms with Gasteiger partial charge >= 0.3 is 0 Å². The number of aromatic nitrogens is 1. The van der Waals surface area contributed by atoms with Crippen molar-refractivity contribution in [2.45, 2.75) is 12.3 Å². The number of carbonyl (C=O) groups is 1. The van der Waals surface area contributed by atoms with Gasteiger partial charge in [-0.3, -0.25) is 4.79 Å². The predicted octanol–water partition coefficient (Wildman–Crippen LogP) is 3.93. The fourth-order valence-electron chi connectivity index (χ4n) is 3.19. The molecule has 1 atom stereocenters. The summed E-state index contributed by atoms with van der Waals surface area (Å²) in [5.74, 6) is 1.29. The van der Waals surface area contributed by atoms with E-state index in [4.69, 9.17) is 4.74 Å². The zero-order valence-electron chi connectivity index (χ0n) is 13.4. The highest BCUT2D eigenvalue weighted by Crippen LogP contribution is 2.30. The van der Waals surface area contributed by atoms with Crippen molar-refractivity contribution in [1.29, 1.82) is 0 Å². The van der Waals surface area contributed by atoms with Crippen LogP contribution in [0.15, 0.2) is 48.5 Å². The Balaban J connectivity index is 1.50. The standard InChI is InChI=1S/C19H18N2O2S/c1-23-15-8-6-13(7-9-15)14-10-11-21(12-14)19(22)18-20-16-4-2-3-5-17(16)24-18/h2-9,14H,10-12H2,1H3. The molecule has 1 aromatic heterocycles. The lowest BCUT2D eigenvalue weighted by Gasteiger charge is -2.15. The van der Waals surface area contributed by atoms with E-state index in [1.54, 1.807) is 7.11 Å². The van der Waals surface area contributed by atoms with Crippen molar-refractivity contribution in [3.05, 3.63) is 59.1 Å². The maximum atomic E-state index is 12.7. The summed E-state index contributed by atoms with van der Waals surface area (Å²) in [5.41, 5.74) is 2.16. The first kappa shape index (κ1) is 15.1. The van der Waals surface area contributed by atoms with Crippen LogP contribution < -0.4 is 4.74 Å². The van der Waals surface area contributed by atoms with Crippen LogP contribution in [0.5, 0.6) is 5.75 Å². The molecule has 4 nitrogen and oxygen atoms in total. The highest BCUT2D eigenvalue weighted by atomic mass is 32.1. The number of nitrogens with zero attached hydrogens (tertiary/aromatic N) is 2. The van der Waals surface area contributed by atoms with Crippen LogP contribution in [0.25, 0.3) is 10.2 Å². The molecular weight excluding hydrogens is 320 g/mol. The molecule has 1 fully saturated rings. The van der Waals surface area contributed by atoms with Gasteiger partial charge in [-0.25, -0.2) is 4.98 Å². The summed E-state index contributed by atoms with van der Waals surface area (Å²) < 4.78 is 6.27. The van der Waals surface area contributed by atoms with E-state index >= 15 is 0 Å². The van der Waals surface area contributed by atoms with Gasteiger partial charge in [0.15, 0.2) is 5.01 Å². The third-order valence-corrected chi connectivity index (χ3v) is 5.56. The van der Waals surface area contributed by atoms with Crippen LogP contribution in [-0.2, 0) is 0 Å². The van der Waals surface area contributed by atoms with Gasteiger partial charge in [-0.05, 0) is 36.2 Å². The van der Waals surface area contributed by atoms with E-state index < -0.39 is 0 Å². The predicted molar refractivity (Wildman–Crippen MR) is 95.9 cm³/mol. The lowest BCUT2D eigenvalue weighted by Crippen LogP contribution is -2.28. The van der Waals surface area contributed by atoms with Crippen LogP contribution in [0.3, 0.4) is 0 Å². The Labute approximate surface area is 144 Å². The number of ether oxygens (including phenoxy) is 1. The van der Waals surface area contributed by atoms with Crippen LogP contribution in [0.2, 0.25) is 0 Å². The minimum Gasteiger partial charge on any atom is -0.497 e. The summed E-state index contributed by atoms with van der Waals surface area (Å²) >= 11 is 1.48. The van der Waals surface area contributed by atoms with Crippen molar-refractivity contribution in [2.75, 3.05) is 20.2 Å². The number of benzene rings is 2. The summed E-state index contributed by atoms with van der Waals surface area (Å²) in [4.78, 5) is 19.2. The number of hydrogen-bond acceptors (Lipinski definition) is 4. The molecule has 0 spiro atoms. The van der Waals surface area contributed by atoms with Gasteiger partial charge in [0.1, 0.15) is 5.75 Å². The minimum atomic E-state index is 0.0483. The maximum Gasteiger partial charge on any atom is 0.282 e. The topological polar surface area (TPSA) is 42.4 Å². The van der Waals surface area contributed by atoms with E-state index in [-0.39, 0.29) is 5.91 Å². The summed E-state index contributed by atoms with van der Waals surface area (Å²) in [6.45, 7) is 1.53. The molecule has 1 amide bonds. The molecule has 3 aromatic rings. The van der Waals surface area contributed by atoms with Gasteiger partial charge in [0, 0.05) is 19.0 Å². The molecule has 2 heterocycles. The van der Waals surface area contributed by atoms with Gasteiger partial charge in [-0.15, -0.1) is 11.3 Å². The summed E-state index contributed by atoms with van der Waals surface area (Å²) in [7, 11) is 1.67. The number of thiazole rings is 1. The SMILES string of the molecule is COc1ccc(C2CCN(C(=O)c3nc4ccccc4s3)C2)cc1. The number of carbonyl (C=O) groups excluding carboxylic acids is 1. The van der Waals surface area contributed by atoms with Gasteiger partial charge in [0.05, 0.1) is 17.3 Å². The summed E-state index contributed by atoms with van der Waals surface area (Å²) in [6.07, 6.45) is 0.989. The van der Waals surface area contributed by atoms with Gasteiger partial charge in [-0.1, -0.05) is 24.3 Å². The first-order valence-electron chi connectivity index (χ1n) is 8.03. The van der Waals surface area contributed by atoms with E-state index in [9.17, 15) is 4.79 Å². The monoisotopic (exact) mass is 338 g/mol. The van der Waals surface area contributed by atoms with Crippen molar-refractivity contribution in [3.63, 3.8) is 0 Å². The zero-order valence-corrected chi connectivity index (χ0v) is 14.3. The third kappa shape index (κ3) is 2.76. The molecule has 0 N–H and O–H groups in total. The Kier molecular flexibility index (Phi) is 3.94. The van der Waals surface area contributed by atoms with Crippen molar-refractivity contribution in [1.82, 2.24) is 9.88 Å². The second kappa shape index (κ2) is 6.24. The van der Waals surface area contributed by atoms with Crippen LogP contribution in [-0.4, -0.2) is 36.0 Å². The van der Waals surface area contributed by atoms with E-state index in [0.29, 0.717) is 10.9 Å². The van der Waals surface area contributed by atoms with Gasteiger partial charge in [0.2, 0.25) is 0 Å². The fraction of sp³-hybridized carbons (Fsp3) is 0.263. The van der Waals surface area contributed by atoms with Crippen LogP contribution in [0.1, 0.15) is 27.7 Å². The molecule has 0 bridgehead atoms. The Morgan fingerprint density at radius 1 is 1.21 bits per heavy atom. The van der Waals surface area contributed by atoms with Crippen molar-refractivity contribution >= 4 is 27.5 Å². The van der Waals surface area contributed by atoms with Crippen molar-refractivity contribution in [2.24, 2.45) is 0 Å². The van der Waals surface area contributed by atoms with Gasteiger partial charge in [0.25, 0.3) is 5.91 Å². The molecule has 4 rings (SSSR count). The number of fused-ring (bicyclic) bond motifs is 1. The van der Waals surface area contributed by atoms with Crippen LogP contribution in [0, 0.1) is 0 Å². The lowest BCUT2D eigenvalue weighted by atomic mass is 9.98. The van der Waals surface area contributed by atoms with Crippen molar-refractivity contribution in [3.8, 4) is 5.75 Å². The largest absolute Gasteiger partial charge is 0.497 e. The number of amides is 1. The van der Waals surface area contributed by atoms with Crippen LogP contribution >= 0.6 is 11.3 Å². The number of hydrogen-bond donors (Lipinski definition) is 0. The van der Waals surface area contributed by atoms with Crippen molar-refractivity contribution < 1.29 is 9.53 Å². The lowest BCUT2D eigenvalue weighted by molar-refractivity contribution is 0.0790. The minimum absolute atomic E-state index is 0.0483. The van der Waals surface area contributed by atoms with E-state index in [2.05, 4.69) is 17.1 Å². The van der Waals surface area contributed by atoms with E-state index in [1.165, 1.54) is 16.9 Å². The maximum absolute atomic E-state index is 12.7. The third-order valence-electron chi connectivity index (χ3n) is 4.54. The van der Waals surface area contributed by atoms with Crippen LogP contribution in [0.4, 0.5) is 0 Å². The quantitative estimate of drug-likeness (QED) is 0.726. The smallest absolute Gasteiger partial charge is 0.282 e. The Hall–Kier alpha value is -2.40. The Bertz CT molecular complexity index is 839. The molecule has 1 saturated heterocycles. The average Bonchev–Trinajstić information content (AvgIpc) is 3.28. The molecule has 0 radical (unpaired) electrons. The molecule has 122 valence electrons. The number of para-hydroxylation sites is 1. The first-order valence-corrected chi connectivity index (χ1v) is 8.85. The highest BCUT2D eigenvalue weighted by molar-refractivity contribution is 7.20. The summed E-state index contributed by atoms with van der Waals surface area (Å²) in [5, 5.41) is 0.589. The Morgan fingerprint density at radius 3 is 2.75 bits per heavy atom. The zero-order chi connectivity index (χ0) is 16.5. The number of likely N-dealkylation sites (tertiary alicyclic amines) is 1. The molecule has 1 unspecified atom stereocenters. The number of methoxy groups -OCH3 is 1. The molecule has 0 saturated carbocycles. The first-order chi connectivity index (χ1) is 11.7. The normalized spacial score (nSPS) is 17.4. The molecule has 2 aromatic carbocycles. The molecule has 5 heteroatoms. The average molecular weight is 338 g/mol. The van der Waals surface area contributed by atoms with E-state index in [1.807, 2.05) is 41.3 Å². The molecule has 1 aliphatic rings. The fourth-order valence-corrected chi connectivity index (χ4v) is 4.13. The van der Waals surface area contributed by atoms with E-state index in [0.717, 1.165) is 35.5 Å². The molecule has 24 heavy (non-hydrogen) atoms. The molecule has 0 aliphatic carbocycles. The number of rotatable bonds is 3. The molecule has 1 aliphatic heterocycles. The molecular formula is C19H18N2O2S. The Morgan fingerprint density at radius 2 is 2.00 bits per heavy atom. The second-order valence-electron chi connectivity index (χ2n) is 6.00. The van der Waals surface area contributed by atoms with Gasteiger partial charge < -0.3 is 9.64 Å². The highest BCUT2D eigenvalue weighted by Gasteiger charge is 2.29. The van der Waals surface area contributed by atoms with Gasteiger partial charge in [-0.2, -0.15) is 0 Å².